The number of nitrogen functional groups attached to an aromatic ring is 1. The molecule has 2 aromatic carbocycles. The minimum absolute atomic E-state index is 0. The number of nitrogens with one attached hydrogen (secondary N) is 1. The van der Waals surface area contributed by atoms with Gasteiger partial charge in [-0.1, -0.05) is 32.3 Å². The first-order valence-corrected chi connectivity index (χ1v) is 7.40. The van der Waals surface area contributed by atoms with Gasteiger partial charge in [0.1, 0.15) is 0 Å². The van der Waals surface area contributed by atoms with Gasteiger partial charge in [-0.2, -0.15) is 24.1 Å². The fourth-order valence-corrected chi connectivity index (χ4v) is 1.66. The quantitative estimate of drug-likeness (QED) is 0.634. The molecule has 2 aromatic rings. The molecule has 125 valence electrons. The number of rotatable bonds is 4. The normalized spacial score (nSPS) is 10.4. The molecule has 0 aliphatic carbocycles. The van der Waals surface area contributed by atoms with Gasteiger partial charge in [0, 0.05) is 11.4 Å². The molecular weight excluding hydrogens is 331 g/mol. The van der Waals surface area contributed by atoms with Gasteiger partial charge < -0.3 is 18.0 Å². The van der Waals surface area contributed by atoms with Crippen molar-refractivity contribution >= 4 is 17.3 Å². The molecule has 1 amide bonds. The molecule has 0 spiro atoms. The number of hydrogen-bond donors (Lipinski definition) is 2. The maximum absolute atomic E-state index is 11.2. The molecule has 2 rings (SSSR count). The van der Waals surface area contributed by atoms with Gasteiger partial charge in [0.25, 0.3) is 0 Å². The van der Waals surface area contributed by atoms with Crippen molar-refractivity contribution < 1.29 is 21.6 Å². The molecule has 0 saturated heterocycles. The van der Waals surface area contributed by atoms with Crippen molar-refractivity contribution in [1.29, 1.82) is 0 Å². The van der Waals surface area contributed by atoms with E-state index in [1.165, 1.54) is 5.56 Å². The van der Waals surface area contributed by atoms with E-state index in [0.29, 0.717) is 5.69 Å². The molecule has 1 atom stereocenters. The average Bonchev–Trinajstić information content (AvgIpc) is 2.51. The minimum Gasteiger partial charge on any atom is -0.399 e. The Morgan fingerprint density at radius 1 is 1.17 bits per heavy atom. The number of hydrogen-bond acceptors (Lipinski definition) is 2. The van der Waals surface area contributed by atoms with Crippen LogP contribution in [0.15, 0.2) is 54.6 Å². The molecule has 0 aromatic heterocycles. The Hall–Kier alpha value is -1.91. The van der Waals surface area contributed by atoms with E-state index in [-0.39, 0.29) is 28.6 Å². The summed E-state index contributed by atoms with van der Waals surface area (Å²) in [7, 11) is 0. The zero-order chi connectivity index (χ0) is 16.4. The van der Waals surface area contributed by atoms with Crippen LogP contribution in [0.3, 0.4) is 0 Å². The fraction of sp³-hybridized carbons (Fsp3) is 0.211. The third-order valence-electron chi connectivity index (χ3n) is 2.87. The second kappa shape index (κ2) is 11.6. The van der Waals surface area contributed by atoms with Crippen LogP contribution in [0.1, 0.15) is 25.8 Å². The zero-order valence-corrected chi connectivity index (χ0v) is 14.6. The molecule has 1 radical (unpaired) electrons. The molecule has 0 heterocycles. The summed E-state index contributed by atoms with van der Waals surface area (Å²) >= 11 is 0. The van der Waals surface area contributed by atoms with Crippen molar-refractivity contribution in [1.82, 2.24) is 0 Å². The maximum atomic E-state index is 11.2. The van der Waals surface area contributed by atoms with Crippen molar-refractivity contribution in [3.8, 4) is 0 Å². The number of carbonyl (C=O) groups excluding carboxylic acids is 1. The molecule has 0 aliphatic rings. The van der Waals surface area contributed by atoms with Crippen molar-refractivity contribution in [2.45, 2.75) is 20.3 Å². The maximum Gasteiger partial charge on any atom is 2.00 e. The molecule has 3 nitrogen and oxygen atoms in total. The Kier molecular flexibility index (Phi) is 10.7. The zero-order valence-electron chi connectivity index (χ0n) is 13.6. The summed E-state index contributed by atoms with van der Waals surface area (Å²) in [4.78, 5) is 11.2. The second-order valence-corrected chi connectivity index (χ2v) is 5.04. The van der Waals surface area contributed by atoms with E-state index >= 15 is 0 Å². The number of carbonyl (C=O) groups is 1. The minimum atomic E-state index is -0.252. The second-order valence-electron chi connectivity index (χ2n) is 5.04. The molecule has 1 unspecified atom stereocenters. The molecule has 4 heteroatoms. The van der Waals surface area contributed by atoms with Crippen molar-refractivity contribution in [2.75, 3.05) is 11.1 Å². The van der Waals surface area contributed by atoms with E-state index in [1.807, 2.05) is 6.07 Å². The van der Waals surface area contributed by atoms with E-state index in [9.17, 15) is 4.79 Å². The third-order valence-corrected chi connectivity index (χ3v) is 2.87. The molecule has 0 aliphatic heterocycles. The van der Waals surface area contributed by atoms with Crippen molar-refractivity contribution in [3.63, 3.8) is 0 Å². The van der Waals surface area contributed by atoms with E-state index < -0.39 is 0 Å². The standard InChI is InChI=1S/C10H13N2O.C9H11.Co/c1-7(2)10(13)12-9-5-3-8(11)4-6-9;1-2-6-9-7-4-3-5-8-9;/h3-7H,1,11H2,2H3,(H,12,13);3-8H,2H2,1H3;/q2*-1;+2. The Balaban J connectivity index is 0.000000427. The fourth-order valence-electron chi connectivity index (χ4n) is 1.66. The van der Waals surface area contributed by atoms with Gasteiger partial charge in [-0.25, -0.2) is 0 Å². The summed E-state index contributed by atoms with van der Waals surface area (Å²) in [5.41, 5.74) is 8.24. The van der Waals surface area contributed by atoms with Crippen LogP contribution < -0.4 is 11.1 Å². The predicted octanol–water partition coefficient (Wildman–Crippen LogP) is 4.32. The SMILES string of the molecule is CC[CH-]c1ccccc1.[CH2-]C(C)C(=O)Nc1ccc(N)cc1.[Co+2]. The number of nitrogens with two attached hydrogens (primary N) is 1. The summed E-state index contributed by atoms with van der Waals surface area (Å²) in [6, 6.07) is 17.4. The molecular formula is C19H24CoN2O. The van der Waals surface area contributed by atoms with Crippen LogP contribution in [0.4, 0.5) is 11.4 Å². The topological polar surface area (TPSA) is 55.1 Å². The van der Waals surface area contributed by atoms with Crippen LogP contribution in [0.5, 0.6) is 0 Å². The molecule has 3 N–H and O–H groups in total. The van der Waals surface area contributed by atoms with Gasteiger partial charge in [0.05, 0.1) is 0 Å². The van der Waals surface area contributed by atoms with Gasteiger partial charge in [0.2, 0.25) is 0 Å². The average molecular weight is 355 g/mol. The first kappa shape index (κ1) is 21.1. The van der Waals surface area contributed by atoms with Crippen molar-refractivity contribution in [3.05, 3.63) is 73.5 Å². The Labute approximate surface area is 149 Å². The van der Waals surface area contributed by atoms with E-state index in [0.717, 1.165) is 12.1 Å². The number of anilines is 2. The van der Waals surface area contributed by atoms with E-state index in [2.05, 4.69) is 49.9 Å². The molecule has 0 saturated carbocycles. The van der Waals surface area contributed by atoms with Crippen LogP contribution >= 0.6 is 0 Å². The predicted molar refractivity (Wildman–Crippen MR) is 94.1 cm³/mol. The first-order valence-electron chi connectivity index (χ1n) is 7.40. The molecule has 23 heavy (non-hydrogen) atoms. The van der Waals surface area contributed by atoms with Crippen LogP contribution in [0.25, 0.3) is 0 Å². The Morgan fingerprint density at radius 2 is 1.74 bits per heavy atom. The summed E-state index contributed by atoms with van der Waals surface area (Å²) < 4.78 is 0. The van der Waals surface area contributed by atoms with Crippen LogP contribution in [-0.2, 0) is 21.6 Å². The van der Waals surface area contributed by atoms with E-state index in [4.69, 9.17) is 5.73 Å². The van der Waals surface area contributed by atoms with E-state index in [1.54, 1.807) is 31.2 Å². The summed E-state index contributed by atoms with van der Waals surface area (Å²) in [5.74, 6) is -0.345. The monoisotopic (exact) mass is 355 g/mol. The Bertz CT molecular complexity index is 553. The summed E-state index contributed by atoms with van der Waals surface area (Å²) in [6.07, 6.45) is 3.32. The number of amides is 1. The first-order chi connectivity index (χ1) is 10.5. The molecule has 0 bridgehead atoms. The van der Waals surface area contributed by atoms with Crippen molar-refractivity contribution in [2.24, 2.45) is 5.92 Å². The third kappa shape index (κ3) is 8.96. The van der Waals surface area contributed by atoms with Crippen LogP contribution in [-0.4, -0.2) is 5.91 Å². The van der Waals surface area contributed by atoms with Gasteiger partial charge in [-0.15, -0.1) is 12.1 Å². The largest absolute Gasteiger partial charge is 2.00 e. The summed E-state index contributed by atoms with van der Waals surface area (Å²) in [6.45, 7) is 7.50. The van der Waals surface area contributed by atoms with Gasteiger partial charge in [-0.3, -0.25) is 4.79 Å². The number of benzene rings is 2. The smallest absolute Gasteiger partial charge is 0.399 e. The molecule has 0 fully saturated rings. The van der Waals surface area contributed by atoms with Gasteiger partial charge in [-0.05, 0) is 24.3 Å². The van der Waals surface area contributed by atoms with Gasteiger partial charge in [0.15, 0.2) is 5.91 Å². The summed E-state index contributed by atoms with van der Waals surface area (Å²) in [5, 5.41) is 2.71. The van der Waals surface area contributed by atoms with Crippen LogP contribution in [0.2, 0.25) is 0 Å². The van der Waals surface area contributed by atoms with Crippen LogP contribution in [0, 0.1) is 19.3 Å². The van der Waals surface area contributed by atoms with Gasteiger partial charge >= 0.3 is 16.8 Å². The Morgan fingerprint density at radius 3 is 2.22 bits per heavy atom.